The van der Waals surface area contributed by atoms with E-state index in [0.717, 1.165) is 0 Å². The van der Waals surface area contributed by atoms with Crippen molar-refractivity contribution >= 4 is 22.7 Å². The number of aliphatic hydroxyl groups is 1. The van der Waals surface area contributed by atoms with Gasteiger partial charge in [0, 0.05) is 11.1 Å². The molecule has 1 aromatic heterocycles. The summed E-state index contributed by atoms with van der Waals surface area (Å²) >= 11 is 5.80. The molecular formula is C10H11ClN2O2. The summed E-state index contributed by atoms with van der Waals surface area (Å²) in [6, 6.07) is 4.53. The summed E-state index contributed by atoms with van der Waals surface area (Å²) < 4.78 is 5.39. The summed E-state index contributed by atoms with van der Waals surface area (Å²) in [6.07, 6.45) is -0.700. The number of hydrogen-bond acceptors (Lipinski definition) is 4. The number of fused-ring (bicyclic) bond motifs is 1. The number of benzene rings is 1. The maximum Gasteiger partial charge on any atom is 0.215 e. The van der Waals surface area contributed by atoms with Crippen molar-refractivity contribution in [3.05, 3.63) is 29.1 Å². The quantitative estimate of drug-likeness (QED) is 0.820. The van der Waals surface area contributed by atoms with Crippen LogP contribution >= 0.6 is 11.6 Å². The molecule has 1 aromatic carbocycles. The number of aromatic nitrogens is 1. The number of oxazole rings is 1. The summed E-state index contributed by atoms with van der Waals surface area (Å²) in [6.45, 7) is 1.59. The van der Waals surface area contributed by atoms with Crippen LogP contribution in [-0.4, -0.2) is 16.2 Å². The van der Waals surface area contributed by atoms with Crippen LogP contribution in [0.1, 0.15) is 18.9 Å². The van der Waals surface area contributed by atoms with Gasteiger partial charge in [-0.25, -0.2) is 4.98 Å². The molecule has 15 heavy (non-hydrogen) atoms. The van der Waals surface area contributed by atoms with Gasteiger partial charge in [0.25, 0.3) is 0 Å². The van der Waals surface area contributed by atoms with Crippen LogP contribution in [0.15, 0.2) is 22.6 Å². The van der Waals surface area contributed by atoms with Gasteiger partial charge in [-0.2, -0.15) is 0 Å². The molecule has 0 saturated heterocycles. The van der Waals surface area contributed by atoms with Crippen molar-refractivity contribution in [2.45, 2.75) is 19.1 Å². The summed E-state index contributed by atoms with van der Waals surface area (Å²) in [4.78, 5) is 4.16. The molecule has 5 heteroatoms. The number of aliphatic hydroxyl groups excluding tert-OH is 1. The summed E-state index contributed by atoms with van der Waals surface area (Å²) in [5, 5.41) is 9.88. The van der Waals surface area contributed by atoms with Gasteiger partial charge in [-0.3, -0.25) is 0 Å². The minimum absolute atomic E-state index is 0.322. The Bertz CT molecular complexity index is 481. The predicted molar refractivity (Wildman–Crippen MR) is 57.6 cm³/mol. The Morgan fingerprint density at radius 1 is 1.53 bits per heavy atom. The number of hydrogen-bond donors (Lipinski definition) is 2. The van der Waals surface area contributed by atoms with Gasteiger partial charge in [-0.1, -0.05) is 11.6 Å². The molecule has 80 valence electrons. The van der Waals surface area contributed by atoms with Crippen molar-refractivity contribution in [3.8, 4) is 0 Å². The lowest BCUT2D eigenvalue weighted by atomic mass is 10.2. The van der Waals surface area contributed by atoms with Crippen LogP contribution in [-0.2, 0) is 0 Å². The largest absolute Gasteiger partial charge is 0.439 e. The zero-order chi connectivity index (χ0) is 11.0. The van der Waals surface area contributed by atoms with Gasteiger partial charge in [-0.05, 0) is 19.1 Å². The molecule has 0 radical (unpaired) electrons. The zero-order valence-corrected chi connectivity index (χ0v) is 8.90. The van der Waals surface area contributed by atoms with E-state index in [0.29, 0.717) is 22.0 Å². The summed E-state index contributed by atoms with van der Waals surface area (Å²) in [5.41, 5.74) is 6.96. The molecule has 4 nitrogen and oxygen atoms in total. The molecule has 0 aliphatic heterocycles. The molecule has 0 saturated carbocycles. The van der Waals surface area contributed by atoms with Gasteiger partial charge in [0.2, 0.25) is 5.89 Å². The van der Waals surface area contributed by atoms with Crippen LogP contribution in [0.5, 0.6) is 0 Å². The average molecular weight is 227 g/mol. The second-order valence-electron chi connectivity index (χ2n) is 3.43. The molecule has 2 aromatic rings. The Morgan fingerprint density at radius 2 is 2.27 bits per heavy atom. The second kappa shape index (κ2) is 3.81. The molecular weight excluding hydrogens is 216 g/mol. The van der Waals surface area contributed by atoms with E-state index in [1.807, 2.05) is 0 Å². The van der Waals surface area contributed by atoms with Crippen molar-refractivity contribution in [1.82, 2.24) is 4.98 Å². The molecule has 2 atom stereocenters. The third kappa shape index (κ3) is 1.97. The minimum Gasteiger partial charge on any atom is -0.439 e. The van der Waals surface area contributed by atoms with Gasteiger partial charge in [0.1, 0.15) is 11.6 Å². The highest BCUT2D eigenvalue weighted by molar-refractivity contribution is 6.31. The Kier molecular flexibility index (Phi) is 2.65. The molecule has 0 fully saturated rings. The molecule has 0 amide bonds. The Balaban J connectivity index is 2.47. The topological polar surface area (TPSA) is 72.3 Å². The highest BCUT2D eigenvalue weighted by atomic mass is 35.5. The lowest BCUT2D eigenvalue weighted by Gasteiger charge is -2.09. The standard InChI is InChI=1S/C10H11ClN2O2/c1-5(14)9(12)10-13-7-3-2-6(11)4-8(7)15-10/h2-5,9,14H,12H2,1H3. The van der Waals surface area contributed by atoms with E-state index in [1.54, 1.807) is 25.1 Å². The molecule has 2 unspecified atom stereocenters. The molecule has 0 spiro atoms. The monoisotopic (exact) mass is 226 g/mol. The van der Waals surface area contributed by atoms with Crippen LogP contribution in [0.3, 0.4) is 0 Å². The number of nitrogens with zero attached hydrogens (tertiary/aromatic N) is 1. The Morgan fingerprint density at radius 3 is 2.93 bits per heavy atom. The maximum absolute atomic E-state index is 9.30. The molecule has 0 aliphatic rings. The van der Waals surface area contributed by atoms with Crippen molar-refractivity contribution in [3.63, 3.8) is 0 Å². The van der Waals surface area contributed by atoms with Crippen molar-refractivity contribution in [2.24, 2.45) is 5.73 Å². The predicted octanol–water partition coefficient (Wildman–Crippen LogP) is 1.86. The second-order valence-corrected chi connectivity index (χ2v) is 3.87. The van der Waals surface area contributed by atoms with Crippen LogP contribution in [0.4, 0.5) is 0 Å². The van der Waals surface area contributed by atoms with Crippen LogP contribution in [0.2, 0.25) is 5.02 Å². The SMILES string of the molecule is CC(O)C(N)c1nc2ccc(Cl)cc2o1. The fourth-order valence-corrected chi connectivity index (χ4v) is 1.43. The van der Waals surface area contributed by atoms with Gasteiger partial charge < -0.3 is 15.3 Å². The molecule has 0 bridgehead atoms. The third-order valence-electron chi connectivity index (χ3n) is 2.17. The van der Waals surface area contributed by atoms with Crippen LogP contribution in [0, 0.1) is 0 Å². The highest BCUT2D eigenvalue weighted by Crippen LogP contribution is 2.23. The van der Waals surface area contributed by atoms with Gasteiger partial charge in [-0.15, -0.1) is 0 Å². The van der Waals surface area contributed by atoms with Crippen LogP contribution in [0.25, 0.3) is 11.1 Å². The summed E-state index contributed by atoms with van der Waals surface area (Å²) in [7, 11) is 0. The highest BCUT2D eigenvalue weighted by Gasteiger charge is 2.18. The molecule has 2 rings (SSSR count). The van der Waals surface area contributed by atoms with Gasteiger partial charge >= 0.3 is 0 Å². The summed E-state index contributed by atoms with van der Waals surface area (Å²) in [5.74, 6) is 0.322. The van der Waals surface area contributed by atoms with Crippen LogP contribution < -0.4 is 5.73 Å². The average Bonchev–Trinajstić information content (AvgIpc) is 2.58. The van der Waals surface area contributed by atoms with Crippen molar-refractivity contribution in [2.75, 3.05) is 0 Å². The smallest absolute Gasteiger partial charge is 0.215 e. The van der Waals surface area contributed by atoms with Crippen molar-refractivity contribution < 1.29 is 9.52 Å². The maximum atomic E-state index is 9.30. The Hall–Kier alpha value is -1.10. The number of halogens is 1. The normalized spacial score (nSPS) is 15.5. The van der Waals surface area contributed by atoms with Crippen molar-refractivity contribution in [1.29, 1.82) is 0 Å². The molecule has 0 aliphatic carbocycles. The van der Waals surface area contributed by atoms with E-state index in [2.05, 4.69) is 4.98 Å². The number of rotatable bonds is 2. The fourth-order valence-electron chi connectivity index (χ4n) is 1.27. The third-order valence-corrected chi connectivity index (χ3v) is 2.41. The zero-order valence-electron chi connectivity index (χ0n) is 8.14. The lowest BCUT2D eigenvalue weighted by Crippen LogP contribution is -2.23. The van der Waals surface area contributed by atoms with E-state index in [1.165, 1.54) is 0 Å². The minimum atomic E-state index is -0.700. The van der Waals surface area contributed by atoms with Gasteiger partial charge in [0.15, 0.2) is 5.58 Å². The van der Waals surface area contributed by atoms with E-state index in [4.69, 9.17) is 21.8 Å². The fraction of sp³-hybridized carbons (Fsp3) is 0.300. The Labute approximate surface area is 91.7 Å². The first-order chi connectivity index (χ1) is 7.08. The molecule has 3 N–H and O–H groups in total. The van der Waals surface area contributed by atoms with E-state index >= 15 is 0 Å². The number of nitrogens with two attached hydrogens (primary N) is 1. The van der Waals surface area contributed by atoms with E-state index in [9.17, 15) is 5.11 Å². The van der Waals surface area contributed by atoms with Gasteiger partial charge in [0.05, 0.1) is 6.10 Å². The first kappa shape index (κ1) is 10.4. The molecule has 1 heterocycles. The lowest BCUT2D eigenvalue weighted by molar-refractivity contribution is 0.152. The first-order valence-corrected chi connectivity index (χ1v) is 4.95. The van der Waals surface area contributed by atoms with E-state index in [-0.39, 0.29) is 0 Å². The first-order valence-electron chi connectivity index (χ1n) is 4.57. The van der Waals surface area contributed by atoms with E-state index < -0.39 is 12.1 Å².